The highest BCUT2D eigenvalue weighted by Crippen LogP contribution is 2.21. The number of ether oxygens (including phenoxy) is 1. The molecule has 18 heavy (non-hydrogen) atoms. The molecule has 1 fully saturated rings. The molecule has 0 heterocycles. The zero-order valence-corrected chi connectivity index (χ0v) is 11.2. The number of carbonyl (C=O) groups is 2. The van der Waals surface area contributed by atoms with Crippen molar-refractivity contribution in [1.82, 2.24) is 10.6 Å². The fraction of sp³-hybridized carbons (Fsp3) is 0.833. The van der Waals surface area contributed by atoms with Gasteiger partial charge in [0.1, 0.15) is 0 Å². The standard InChI is InChI=1S/C12H22N2O4/c1-12(2,7-10(15)16)14-11(17)13-8-5-4-6-9(8)18-3/h8-9H,4-7H2,1-3H3,(H,15,16)(H2,13,14,17). The largest absolute Gasteiger partial charge is 0.481 e. The van der Waals surface area contributed by atoms with Gasteiger partial charge in [-0.3, -0.25) is 4.79 Å². The molecule has 3 N–H and O–H groups in total. The number of carboxylic acid groups (broad SMARTS) is 1. The van der Waals surface area contributed by atoms with Crippen molar-refractivity contribution in [2.75, 3.05) is 7.11 Å². The molecular weight excluding hydrogens is 236 g/mol. The van der Waals surface area contributed by atoms with Crippen LogP contribution in [0.15, 0.2) is 0 Å². The van der Waals surface area contributed by atoms with Crippen LogP contribution in [0.3, 0.4) is 0 Å². The number of hydrogen-bond acceptors (Lipinski definition) is 3. The Morgan fingerprint density at radius 3 is 2.61 bits per heavy atom. The Hall–Kier alpha value is -1.30. The third kappa shape index (κ3) is 4.52. The van der Waals surface area contributed by atoms with Gasteiger partial charge in [0.15, 0.2) is 0 Å². The number of carbonyl (C=O) groups excluding carboxylic acids is 1. The van der Waals surface area contributed by atoms with E-state index in [9.17, 15) is 9.59 Å². The van der Waals surface area contributed by atoms with Crippen LogP contribution in [-0.4, -0.2) is 41.9 Å². The molecule has 0 aromatic carbocycles. The molecule has 0 aromatic rings. The molecule has 6 heteroatoms. The van der Waals surface area contributed by atoms with Crippen molar-refractivity contribution in [2.45, 2.75) is 57.2 Å². The van der Waals surface area contributed by atoms with E-state index in [0.29, 0.717) is 0 Å². The smallest absolute Gasteiger partial charge is 0.315 e. The predicted octanol–water partition coefficient (Wildman–Crippen LogP) is 1.11. The Morgan fingerprint density at radius 2 is 2.06 bits per heavy atom. The molecule has 1 aliphatic rings. The zero-order valence-electron chi connectivity index (χ0n) is 11.2. The van der Waals surface area contributed by atoms with Crippen molar-refractivity contribution in [3.63, 3.8) is 0 Å². The second-order valence-electron chi connectivity index (χ2n) is 5.36. The topological polar surface area (TPSA) is 87.7 Å². The number of aliphatic carboxylic acids is 1. The Kier molecular flexibility index (Phi) is 4.95. The first-order valence-corrected chi connectivity index (χ1v) is 6.17. The quantitative estimate of drug-likeness (QED) is 0.689. The SMILES string of the molecule is COC1CCCC1NC(=O)NC(C)(C)CC(=O)O. The monoisotopic (exact) mass is 258 g/mol. The zero-order chi connectivity index (χ0) is 13.8. The summed E-state index contributed by atoms with van der Waals surface area (Å²) >= 11 is 0. The highest BCUT2D eigenvalue weighted by atomic mass is 16.5. The second-order valence-corrected chi connectivity index (χ2v) is 5.36. The van der Waals surface area contributed by atoms with Gasteiger partial charge in [0.05, 0.1) is 18.6 Å². The van der Waals surface area contributed by atoms with Gasteiger partial charge < -0.3 is 20.5 Å². The summed E-state index contributed by atoms with van der Waals surface area (Å²) in [5, 5.41) is 14.2. The van der Waals surface area contributed by atoms with Crippen molar-refractivity contribution >= 4 is 12.0 Å². The third-order valence-corrected chi connectivity index (χ3v) is 3.12. The first-order valence-electron chi connectivity index (χ1n) is 6.17. The molecule has 0 radical (unpaired) electrons. The van der Waals surface area contributed by atoms with Crippen LogP contribution in [0.25, 0.3) is 0 Å². The average molecular weight is 258 g/mol. The molecule has 1 rings (SSSR count). The van der Waals surface area contributed by atoms with Crippen LogP contribution in [0, 0.1) is 0 Å². The summed E-state index contributed by atoms with van der Waals surface area (Å²) in [6.45, 7) is 3.37. The van der Waals surface area contributed by atoms with Gasteiger partial charge >= 0.3 is 12.0 Å². The molecule has 2 amide bonds. The van der Waals surface area contributed by atoms with Crippen molar-refractivity contribution in [1.29, 1.82) is 0 Å². The minimum Gasteiger partial charge on any atom is -0.481 e. The molecule has 0 aromatic heterocycles. The molecule has 1 saturated carbocycles. The van der Waals surface area contributed by atoms with Crippen molar-refractivity contribution in [2.24, 2.45) is 0 Å². The summed E-state index contributed by atoms with van der Waals surface area (Å²) in [6.07, 6.45) is 2.81. The van der Waals surface area contributed by atoms with E-state index in [1.165, 1.54) is 0 Å². The minimum absolute atomic E-state index is 0.00984. The summed E-state index contributed by atoms with van der Waals surface area (Å²) in [6, 6.07) is -0.328. The number of hydrogen-bond donors (Lipinski definition) is 3. The van der Waals surface area contributed by atoms with E-state index in [4.69, 9.17) is 9.84 Å². The van der Waals surface area contributed by atoms with Gasteiger partial charge in [0, 0.05) is 12.6 Å². The van der Waals surface area contributed by atoms with Gasteiger partial charge in [0.25, 0.3) is 0 Å². The minimum atomic E-state index is -0.934. The van der Waals surface area contributed by atoms with Gasteiger partial charge in [-0.25, -0.2) is 4.79 Å². The number of urea groups is 1. The van der Waals surface area contributed by atoms with E-state index < -0.39 is 11.5 Å². The number of nitrogens with one attached hydrogen (secondary N) is 2. The van der Waals surface area contributed by atoms with Crippen LogP contribution in [-0.2, 0) is 9.53 Å². The van der Waals surface area contributed by atoms with Crippen molar-refractivity contribution in [3.05, 3.63) is 0 Å². The molecule has 2 atom stereocenters. The molecule has 104 valence electrons. The fourth-order valence-electron chi connectivity index (χ4n) is 2.31. The maximum absolute atomic E-state index is 11.8. The van der Waals surface area contributed by atoms with Crippen LogP contribution < -0.4 is 10.6 Å². The molecule has 0 bridgehead atoms. The summed E-state index contributed by atoms with van der Waals surface area (Å²) in [5.74, 6) is -0.934. The first-order chi connectivity index (χ1) is 8.34. The molecule has 6 nitrogen and oxygen atoms in total. The predicted molar refractivity (Wildman–Crippen MR) is 66.4 cm³/mol. The second kappa shape index (κ2) is 6.04. The lowest BCUT2D eigenvalue weighted by Crippen LogP contribution is -2.53. The molecule has 1 aliphatic carbocycles. The van der Waals surface area contributed by atoms with Crippen molar-refractivity contribution in [3.8, 4) is 0 Å². The van der Waals surface area contributed by atoms with Crippen LogP contribution >= 0.6 is 0 Å². The van der Waals surface area contributed by atoms with E-state index in [2.05, 4.69) is 10.6 Å². The molecular formula is C12H22N2O4. The summed E-state index contributed by atoms with van der Waals surface area (Å²) in [5.41, 5.74) is -0.767. The van der Waals surface area contributed by atoms with E-state index in [1.54, 1.807) is 21.0 Å². The van der Waals surface area contributed by atoms with Gasteiger partial charge in [-0.15, -0.1) is 0 Å². The normalized spacial score (nSPS) is 23.7. The molecule has 0 aliphatic heterocycles. The van der Waals surface area contributed by atoms with Crippen molar-refractivity contribution < 1.29 is 19.4 Å². The summed E-state index contributed by atoms with van der Waals surface area (Å²) in [4.78, 5) is 22.4. The number of rotatable bonds is 5. The fourth-order valence-corrected chi connectivity index (χ4v) is 2.31. The lowest BCUT2D eigenvalue weighted by molar-refractivity contribution is -0.138. The van der Waals surface area contributed by atoms with Gasteiger partial charge in [-0.05, 0) is 33.1 Å². The Balaban J connectivity index is 2.43. The molecule has 2 unspecified atom stereocenters. The highest BCUT2D eigenvalue weighted by molar-refractivity contribution is 5.76. The number of carboxylic acids is 1. The van der Waals surface area contributed by atoms with E-state index in [1.807, 2.05) is 0 Å². The van der Waals surface area contributed by atoms with E-state index >= 15 is 0 Å². The maximum Gasteiger partial charge on any atom is 0.315 e. The van der Waals surface area contributed by atoms with Gasteiger partial charge in [0.2, 0.25) is 0 Å². The number of amides is 2. The lowest BCUT2D eigenvalue weighted by Gasteiger charge is -2.27. The average Bonchev–Trinajstić information content (AvgIpc) is 2.61. The first kappa shape index (κ1) is 14.8. The van der Waals surface area contributed by atoms with Crippen LogP contribution in [0.5, 0.6) is 0 Å². The third-order valence-electron chi connectivity index (χ3n) is 3.12. The van der Waals surface area contributed by atoms with Gasteiger partial charge in [-0.2, -0.15) is 0 Å². The van der Waals surface area contributed by atoms with E-state index in [-0.39, 0.29) is 24.6 Å². The molecule has 0 spiro atoms. The summed E-state index contributed by atoms with van der Waals surface area (Å²) < 4.78 is 5.28. The van der Waals surface area contributed by atoms with Gasteiger partial charge in [-0.1, -0.05) is 0 Å². The Labute approximate surface area is 107 Å². The van der Waals surface area contributed by atoms with Crippen LogP contribution in [0.4, 0.5) is 4.79 Å². The molecule has 0 saturated heterocycles. The highest BCUT2D eigenvalue weighted by Gasteiger charge is 2.30. The van der Waals surface area contributed by atoms with Crippen LogP contribution in [0.1, 0.15) is 39.5 Å². The lowest BCUT2D eigenvalue weighted by atomic mass is 10.0. The number of methoxy groups -OCH3 is 1. The maximum atomic E-state index is 11.8. The van der Waals surface area contributed by atoms with E-state index in [0.717, 1.165) is 19.3 Å². The Bertz CT molecular complexity index is 317. The Morgan fingerprint density at radius 1 is 1.39 bits per heavy atom. The van der Waals surface area contributed by atoms with Crippen LogP contribution in [0.2, 0.25) is 0 Å². The summed E-state index contributed by atoms with van der Waals surface area (Å²) in [7, 11) is 1.64.